The minimum Gasteiger partial charge on any atom is -0.465 e. The van der Waals surface area contributed by atoms with E-state index in [-0.39, 0.29) is 0 Å². The number of carbonyl (C=O) groups is 1. The number of hydrogen-bond donors (Lipinski definition) is 1. The fourth-order valence-electron chi connectivity index (χ4n) is 1.38. The molecule has 0 unspecified atom stereocenters. The normalized spacial score (nSPS) is 10.5. The number of halogens is 1. The SMILES string of the molecule is COC(=O)c1cc(N)c2oc(Br)cc2c1. The van der Waals surface area contributed by atoms with Gasteiger partial charge in [-0.25, -0.2) is 4.79 Å². The van der Waals surface area contributed by atoms with Gasteiger partial charge in [-0.2, -0.15) is 0 Å². The van der Waals surface area contributed by atoms with E-state index in [0.29, 0.717) is 21.5 Å². The molecule has 1 aromatic carbocycles. The lowest BCUT2D eigenvalue weighted by Crippen LogP contribution is -2.01. The lowest BCUT2D eigenvalue weighted by molar-refractivity contribution is 0.0601. The third-order valence-corrected chi connectivity index (χ3v) is 2.43. The Bertz CT molecular complexity index is 533. The Balaban J connectivity index is 2.66. The summed E-state index contributed by atoms with van der Waals surface area (Å²) < 4.78 is 10.5. The topological polar surface area (TPSA) is 65.5 Å². The second-order valence-electron chi connectivity index (χ2n) is 3.03. The van der Waals surface area contributed by atoms with Crippen molar-refractivity contribution in [1.82, 2.24) is 0 Å². The summed E-state index contributed by atoms with van der Waals surface area (Å²) in [6, 6.07) is 4.95. The number of fused-ring (bicyclic) bond motifs is 1. The highest BCUT2D eigenvalue weighted by molar-refractivity contribution is 9.10. The maximum atomic E-state index is 11.3. The van der Waals surface area contributed by atoms with Crippen LogP contribution >= 0.6 is 15.9 Å². The van der Waals surface area contributed by atoms with Crippen molar-refractivity contribution in [3.05, 3.63) is 28.4 Å². The van der Waals surface area contributed by atoms with Crippen molar-refractivity contribution < 1.29 is 13.9 Å². The summed E-state index contributed by atoms with van der Waals surface area (Å²) in [6.45, 7) is 0. The van der Waals surface area contributed by atoms with Crippen LogP contribution < -0.4 is 5.73 Å². The number of methoxy groups -OCH3 is 1. The lowest BCUT2D eigenvalue weighted by Gasteiger charge is -2.00. The zero-order valence-corrected chi connectivity index (χ0v) is 9.50. The molecule has 0 amide bonds. The van der Waals surface area contributed by atoms with Gasteiger partial charge in [-0.3, -0.25) is 0 Å². The minimum atomic E-state index is -0.416. The number of ether oxygens (including phenoxy) is 1. The van der Waals surface area contributed by atoms with Crippen molar-refractivity contribution in [1.29, 1.82) is 0 Å². The van der Waals surface area contributed by atoms with Crippen LogP contribution in [0, 0.1) is 0 Å². The Kier molecular flexibility index (Phi) is 2.40. The summed E-state index contributed by atoms with van der Waals surface area (Å²) in [7, 11) is 1.33. The standard InChI is InChI=1S/C10H8BrNO3/c1-14-10(13)6-2-5-4-8(11)15-9(5)7(12)3-6/h2-4H,12H2,1H3. The highest BCUT2D eigenvalue weighted by Gasteiger charge is 2.11. The molecule has 0 radical (unpaired) electrons. The summed E-state index contributed by atoms with van der Waals surface area (Å²) in [4.78, 5) is 11.3. The van der Waals surface area contributed by atoms with E-state index in [2.05, 4.69) is 20.7 Å². The molecule has 0 spiro atoms. The predicted octanol–water partition coefficient (Wildman–Crippen LogP) is 2.56. The summed E-state index contributed by atoms with van der Waals surface area (Å²) in [5.41, 5.74) is 7.13. The van der Waals surface area contributed by atoms with E-state index in [9.17, 15) is 4.79 Å². The van der Waals surface area contributed by atoms with Gasteiger partial charge in [0.15, 0.2) is 10.3 Å². The minimum absolute atomic E-state index is 0.413. The summed E-state index contributed by atoms with van der Waals surface area (Å²) >= 11 is 3.20. The van der Waals surface area contributed by atoms with E-state index in [1.54, 1.807) is 12.1 Å². The van der Waals surface area contributed by atoms with Crippen LogP contribution in [0.2, 0.25) is 0 Å². The number of rotatable bonds is 1. The Morgan fingerprint density at radius 2 is 2.20 bits per heavy atom. The van der Waals surface area contributed by atoms with Crippen LogP contribution in [0.15, 0.2) is 27.3 Å². The average Bonchev–Trinajstić information content (AvgIpc) is 2.58. The van der Waals surface area contributed by atoms with E-state index < -0.39 is 5.97 Å². The molecule has 0 fully saturated rings. The van der Waals surface area contributed by atoms with Crippen molar-refractivity contribution in [3.8, 4) is 0 Å². The summed E-state index contributed by atoms with van der Waals surface area (Å²) in [6.07, 6.45) is 0. The van der Waals surface area contributed by atoms with Gasteiger partial charge < -0.3 is 14.9 Å². The molecule has 2 aromatic rings. The number of furan rings is 1. The molecule has 0 saturated heterocycles. The molecule has 0 saturated carbocycles. The first-order chi connectivity index (χ1) is 7.11. The van der Waals surface area contributed by atoms with Gasteiger partial charge in [0.2, 0.25) is 0 Å². The number of benzene rings is 1. The summed E-state index contributed by atoms with van der Waals surface area (Å²) in [5.74, 6) is -0.416. The zero-order chi connectivity index (χ0) is 11.0. The number of carbonyl (C=O) groups excluding carboxylic acids is 1. The number of esters is 1. The molecule has 0 aliphatic carbocycles. The largest absolute Gasteiger partial charge is 0.465 e. The van der Waals surface area contributed by atoms with Crippen LogP contribution in [-0.2, 0) is 4.74 Å². The fourth-order valence-corrected chi connectivity index (χ4v) is 1.79. The molecular formula is C10H8BrNO3. The number of nitrogen functional groups attached to an aromatic ring is 1. The second kappa shape index (κ2) is 3.58. The van der Waals surface area contributed by atoms with Crippen molar-refractivity contribution >= 4 is 38.6 Å². The third-order valence-electron chi connectivity index (χ3n) is 2.04. The number of anilines is 1. The molecule has 2 rings (SSSR count). The molecule has 0 aliphatic heterocycles. The van der Waals surface area contributed by atoms with Gasteiger partial charge in [-0.1, -0.05) is 0 Å². The molecule has 0 atom stereocenters. The van der Waals surface area contributed by atoms with Gasteiger partial charge >= 0.3 is 5.97 Å². The molecule has 0 aliphatic rings. The molecule has 1 heterocycles. The quantitative estimate of drug-likeness (QED) is 0.638. The van der Waals surface area contributed by atoms with Crippen molar-refractivity contribution in [2.45, 2.75) is 0 Å². The van der Waals surface area contributed by atoms with E-state index in [0.717, 1.165) is 5.39 Å². The maximum Gasteiger partial charge on any atom is 0.337 e. The molecule has 0 bridgehead atoms. The maximum absolute atomic E-state index is 11.3. The van der Waals surface area contributed by atoms with Crippen LogP contribution in [-0.4, -0.2) is 13.1 Å². The molecule has 4 nitrogen and oxygen atoms in total. The first kappa shape index (κ1) is 10.0. The van der Waals surface area contributed by atoms with Crippen LogP contribution in [0.25, 0.3) is 11.0 Å². The van der Waals surface area contributed by atoms with Crippen LogP contribution in [0.4, 0.5) is 5.69 Å². The van der Waals surface area contributed by atoms with E-state index >= 15 is 0 Å². The van der Waals surface area contributed by atoms with Crippen molar-refractivity contribution in [3.63, 3.8) is 0 Å². The van der Waals surface area contributed by atoms with E-state index in [1.165, 1.54) is 13.2 Å². The molecule has 15 heavy (non-hydrogen) atoms. The summed E-state index contributed by atoms with van der Waals surface area (Å²) in [5, 5.41) is 0.766. The van der Waals surface area contributed by atoms with Crippen molar-refractivity contribution in [2.24, 2.45) is 0 Å². The first-order valence-electron chi connectivity index (χ1n) is 4.18. The van der Waals surface area contributed by atoms with Crippen LogP contribution in [0.3, 0.4) is 0 Å². The fraction of sp³-hybridized carbons (Fsp3) is 0.100. The van der Waals surface area contributed by atoms with E-state index in [1.807, 2.05) is 0 Å². The molecular weight excluding hydrogens is 262 g/mol. The van der Waals surface area contributed by atoms with Gasteiger partial charge in [0.25, 0.3) is 0 Å². The van der Waals surface area contributed by atoms with Crippen molar-refractivity contribution in [2.75, 3.05) is 12.8 Å². The Hall–Kier alpha value is -1.49. The molecule has 2 N–H and O–H groups in total. The first-order valence-corrected chi connectivity index (χ1v) is 4.98. The molecule has 78 valence electrons. The number of hydrogen-bond acceptors (Lipinski definition) is 4. The van der Waals surface area contributed by atoms with Gasteiger partial charge in [-0.05, 0) is 34.1 Å². The Morgan fingerprint density at radius 3 is 2.87 bits per heavy atom. The van der Waals surface area contributed by atoms with Gasteiger partial charge in [0, 0.05) is 5.39 Å². The van der Waals surface area contributed by atoms with Crippen LogP contribution in [0.1, 0.15) is 10.4 Å². The Morgan fingerprint density at radius 1 is 1.47 bits per heavy atom. The predicted molar refractivity (Wildman–Crippen MR) is 59.7 cm³/mol. The smallest absolute Gasteiger partial charge is 0.337 e. The van der Waals surface area contributed by atoms with E-state index in [4.69, 9.17) is 10.2 Å². The lowest BCUT2D eigenvalue weighted by atomic mass is 10.1. The third kappa shape index (κ3) is 1.70. The number of nitrogens with two attached hydrogens (primary N) is 1. The molecule has 1 aromatic heterocycles. The highest BCUT2D eigenvalue weighted by Crippen LogP contribution is 2.29. The van der Waals surface area contributed by atoms with Gasteiger partial charge in [0.05, 0.1) is 18.4 Å². The highest BCUT2D eigenvalue weighted by atomic mass is 79.9. The Labute approximate surface area is 94.1 Å². The molecule has 5 heteroatoms. The zero-order valence-electron chi connectivity index (χ0n) is 7.91. The second-order valence-corrected chi connectivity index (χ2v) is 3.81. The van der Waals surface area contributed by atoms with Gasteiger partial charge in [-0.15, -0.1) is 0 Å². The monoisotopic (exact) mass is 269 g/mol. The van der Waals surface area contributed by atoms with Crippen LogP contribution in [0.5, 0.6) is 0 Å². The van der Waals surface area contributed by atoms with Gasteiger partial charge in [0.1, 0.15) is 0 Å². The average molecular weight is 270 g/mol.